The maximum atomic E-state index is 12.6. The summed E-state index contributed by atoms with van der Waals surface area (Å²) in [5, 5.41) is 6.58. The molecule has 2 aliphatic rings. The molecule has 132 valence electrons. The van der Waals surface area contributed by atoms with Crippen molar-refractivity contribution in [2.45, 2.75) is 50.9 Å². The van der Waals surface area contributed by atoms with E-state index >= 15 is 0 Å². The normalized spacial score (nSPS) is 22.8. The number of benzene rings is 1. The van der Waals surface area contributed by atoms with Gasteiger partial charge in [-0.3, -0.25) is 4.79 Å². The summed E-state index contributed by atoms with van der Waals surface area (Å²) in [6.45, 7) is 4.72. The molecule has 2 fully saturated rings. The number of carbonyl (C=O) groups is 1. The lowest BCUT2D eigenvalue weighted by molar-refractivity contribution is -0.136. The lowest BCUT2D eigenvalue weighted by atomic mass is 9.92. The molecule has 2 saturated heterocycles. The van der Waals surface area contributed by atoms with Crippen LogP contribution in [0.2, 0.25) is 0 Å². The minimum atomic E-state index is -0.112. The van der Waals surface area contributed by atoms with Gasteiger partial charge in [0, 0.05) is 19.2 Å². The maximum Gasteiger partial charge on any atom is 0.224 e. The minimum absolute atomic E-state index is 0.0970. The topological polar surface area (TPSA) is 53.6 Å². The molecule has 2 aliphatic heterocycles. The van der Waals surface area contributed by atoms with Crippen molar-refractivity contribution in [3.63, 3.8) is 0 Å². The average Bonchev–Trinajstić information content (AvgIpc) is 2.91. The SMILES string of the molecule is CNc1ccccc1CCCC(=O)N1CC2(CCNCC2)O[C@H]1C. The van der Waals surface area contributed by atoms with Crippen LogP contribution in [0, 0.1) is 0 Å². The highest BCUT2D eigenvalue weighted by atomic mass is 16.5. The molecule has 0 radical (unpaired) electrons. The molecule has 0 saturated carbocycles. The summed E-state index contributed by atoms with van der Waals surface area (Å²) >= 11 is 0. The van der Waals surface area contributed by atoms with Crippen molar-refractivity contribution < 1.29 is 9.53 Å². The quantitative estimate of drug-likeness (QED) is 0.870. The van der Waals surface area contributed by atoms with Crippen LogP contribution in [0.25, 0.3) is 0 Å². The van der Waals surface area contributed by atoms with Gasteiger partial charge in [0.15, 0.2) is 0 Å². The van der Waals surface area contributed by atoms with Gasteiger partial charge in [0.25, 0.3) is 0 Å². The fourth-order valence-electron chi connectivity index (χ4n) is 3.91. The van der Waals surface area contributed by atoms with Crippen molar-refractivity contribution in [1.29, 1.82) is 0 Å². The molecule has 5 heteroatoms. The van der Waals surface area contributed by atoms with E-state index in [1.807, 2.05) is 24.9 Å². The van der Waals surface area contributed by atoms with Gasteiger partial charge in [0.2, 0.25) is 5.91 Å². The summed E-state index contributed by atoms with van der Waals surface area (Å²) in [5.74, 6) is 0.222. The number of piperidine rings is 1. The van der Waals surface area contributed by atoms with Crippen LogP contribution in [-0.2, 0) is 16.0 Å². The largest absolute Gasteiger partial charge is 0.388 e. The van der Waals surface area contributed by atoms with Crippen molar-refractivity contribution >= 4 is 11.6 Å². The molecule has 1 spiro atoms. The Morgan fingerprint density at radius 1 is 1.38 bits per heavy atom. The van der Waals surface area contributed by atoms with Crippen LogP contribution in [0.4, 0.5) is 5.69 Å². The van der Waals surface area contributed by atoms with Gasteiger partial charge in [-0.25, -0.2) is 0 Å². The lowest BCUT2D eigenvalue weighted by Gasteiger charge is -2.32. The van der Waals surface area contributed by atoms with Gasteiger partial charge < -0.3 is 20.3 Å². The van der Waals surface area contributed by atoms with Crippen molar-refractivity contribution in [2.24, 2.45) is 0 Å². The first-order chi connectivity index (χ1) is 11.6. The number of para-hydroxylation sites is 1. The molecule has 0 aromatic heterocycles. The third-order valence-corrected chi connectivity index (χ3v) is 5.28. The van der Waals surface area contributed by atoms with E-state index in [0.717, 1.165) is 51.0 Å². The monoisotopic (exact) mass is 331 g/mol. The van der Waals surface area contributed by atoms with Gasteiger partial charge in [-0.1, -0.05) is 18.2 Å². The first-order valence-corrected chi connectivity index (χ1v) is 9.07. The van der Waals surface area contributed by atoms with Crippen molar-refractivity contribution in [3.05, 3.63) is 29.8 Å². The van der Waals surface area contributed by atoms with E-state index in [-0.39, 0.29) is 17.7 Å². The molecule has 2 heterocycles. The van der Waals surface area contributed by atoms with Gasteiger partial charge in [-0.2, -0.15) is 0 Å². The van der Waals surface area contributed by atoms with Gasteiger partial charge in [0.1, 0.15) is 6.23 Å². The van der Waals surface area contributed by atoms with E-state index in [1.165, 1.54) is 5.56 Å². The van der Waals surface area contributed by atoms with E-state index in [4.69, 9.17) is 4.74 Å². The molecule has 5 nitrogen and oxygen atoms in total. The van der Waals surface area contributed by atoms with Crippen LogP contribution in [0.15, 0.2) is 24.3 Å². The number of amides is 1. The Hall–Kier alpha value is -1.59. The highest BCUT2D eigenvalue weighted by Gasteiger charge is 2.45. The molecular weight excluding hydrogens is 302 g/mol. The number of hydrogen-bond donors (Lipinski definition) is 2. The number of nitrogens with one attached hydrogen (secondary N) is 2. The second-order valence-electron chi connectivity index (χ2n) is 6.93. The number of nitrogens with zero attached hydrogens (tertiary/aromatic N) is 1. The van der Waals surface area contributed by atoms with Crippen molar-refractivity contribution in [1.82, 2.24) is 10.2 Å². The standard InChI is InChI=1S/C19H29N3O2/c1-15-22(14-19(24-15)10-12-21-13-11-19)18(23)9-5-7-16-6-3-4-8-17(16)20-2/h3-4,6,8,15,20-21H,5,7,9-14H2,1-2H3/t15-/m0/s1. The average molecular weight is 331 g/mol. The van der Waals surface area contributed by atoms with Crippen molar-refractivity contribution in [2.75, 3.05) is 32.0 Å². The number of hydrogen-bond acceptors (Lipinski definition) is 4. The Bertz CT molecular complexity index is 569. The first kappa shape index (κ1) is 17.2. The molecule has 3 rings (SSSR count). The summed E-state index contributed by atoms with van der Waals surface area (Å²) in [6.07, 6.45) is 4.27. The summed E-state index contributed by atoms with van der Waals surface area (Å²) in [4.78, 5) is 14.6. The second-order valence-corrected chi connectivity index (χ2v) is 6.93. The van der Waals surface area contributed by atoms with Crippen LogP contribution in [0.3, 0.4) is 0 Å². The van der Waals surface area contributed by atoms with Gasteiger partial charge in [-0.15, -0.1) is 0 Å². The summed E-state index contributed by atoms with van der Waals surface area (Å²) in [5.41, 5.74) is 2.31. The zero-order chi connectivity index (χ0) is 17.0. The van der Waals surface area contributed by atoms with E-state index in [2.05, 4.69) is 28.8 Å². The highest BCUT2D eigenvalue weighted by Crippen LogP contribution is 2.33. The Labute approximate surface area is 144 Å². The number of rotatable bonds is 5. The minimum Gasteiger partial charge on any atom is -0.388 e. The lowest BCUT2D eigenvalue weighted by Crippen LogP contribution is -2.45. The number of anilines is 1. The molecular formula is C19H29N3O2. The molecule has 2 N–H and O–H groups in total. The Morgan fingerprint density at radius 3 is 2.88 bits per heavy atom. The van der Waals surface area contributed by atoms with E-state index in [9.17, 15) is 4.79 Å². The van der Waals surface area contributed by atoms with Crippen LogP contribution in [0.5, 0.6) is 0 Å². The predicted molar refractivity (Wildman–Crippen MR) is 96.0 cm³/mol. The fraction of sp³-hybridized carbons (Fsp3) is 0.632. The third kappa shape index (κ3) is 3.73. The third-order valence-electron chi connectivity index (χ3n) is 5.28. The molecule has 1 amide bonds. The van der Waals surface area contributed by atoms with E-state index in [1.54, 1.807) is 0 Å². The number of carbonyl (C=O) groups excluding carboxylic acids is 1. The molecule has 0 aliphatic carbocycles. The second kappa shape index (κ2) is 7.53. The zero-order valence-electron chi connectivity index (χ0n) is 14.8. The molecule has 0 unspecified atom stereocenters. The number of aryl methyl sites for hydroxylation is 1. The summed E-state index contributed by atoms with van der Waals surface area (Å²) in [7, 11) is 1.94. The maximum absolute atomic E-state index is 12.6. The fourth-order valence-corrected chi connectivity index (χ4v) is 3.91. The Kier molecular flexibility index (Phi) is 5.41. The van der Waals surface area contributed by atoms with Gasteiger partial charge in [-0.05, 0) is 57.3 Å². The molecule has 24 heavy (non-hydrogen) atoms. The van der Waals surface area contributed by atoms with Gasteiger partial charge in [0.05, 0.1) is 12.1 Å². The summed E-state index contributed by atoms with van der Waals surface area (Å²) in [6, 6.07) is 8.29. The van der Waals surface area contributed by atoms with Crippen molar-refractivity contribution in [3.8, 4) is 0 Å². The molecule has 1 atom stereocenters. The van der Waals surface area contributed by atoms with Crippen LogP contribution >= 0.6 is 0 Å². The molecule has 1 aromatic carbocycles. The molecule has 0 bridgehead atoms. The van der Waals surface area contributed by atoms with Crippen LogP contribution < -0.4 is 10.6 Å². The summed E-state index contributed by atoms with van der Waals surface area (Å²) < 4.78 is 6.18. The van der Waals surface area contributed by atoms with Gasteiger partial charge >= 0.3 is 0 Å². The Morgan fingerprint density at radius 2 is 2.12 bits per heavy atom. The smallest absolute Gasteiger partial charge is 0.224 e. The van der Waals surface area contributed by atoms with Crippen LogP contribution in [0.1, 0.15) is 38.2 Å². The predicted octanol–water partition coefficient (Wildman–Crippen LogP) is 2.38. The Balaban J connectivity index is 1.52. The van der Waals surface area contributed by atoms with E-state index < -0.39 is 0 Å². The van der Waals surface area contributed by atoms with E-state index in [0.29, 0.717) is 6.42 Å². The highest BCUT2D eigenvalue weighted by molar-refractivity contribution is 5.76. The molecule has 1 aromatic rings. The zero-order valence-corrected chi connectivity index (χ0v) is 14.8. The first-order valence-electron chi connectivity index (χ1n) is 9.07. The van der Waals surface area contributed by atoms with Crippen LogP contribution in [-0.4, -0.2) is 49.3 Å². The number of ether oxygens (including phenoxy) is 1.